The molecule has 1 heterocycles. The Kier molecular flexibility index (Phi) is 6.97. The summed E-state index contributed by atoms with van der Waals surface area (Å²) < 4.78 is 0. The van der Waals surface area contributed by atoms with Gasteiger partial charge in [0.2, 0.25) is 0 Å². The quantitative estimate of drug-likeness (QED) is 0.735. The Morgan fingerprint density at radius 2 is 1.77 bits per heavy atom. The van der Waals surface area contributed by atoms with E-state index >= 15 is 0 Å². The van der Waals surface area contributed by atoms with Gasteiger partial charge in [0.1, 0.15) is 0 Å². The molecule has 0 bridgehead atoms. The standard InChI is InChI=1S/C19H29NOS/c1-15(2)13-18(17-9-5-4-6-10-17)19(21)22-14-16(3)20-11-7-8-12-20/h4-6,9-10,15-16,18H,7-8,11-14H2,1-3H3/t16-,18-/m0/s1. The maximum Gasteiger partial charge on any atom is 0.196 e. The van der Waals surface area contributed by atoms with Gasteiger partial charge in [0.25, 0.3) is 0 Å². The summed E-state index contributed by atoms with van der Waals surface area (Å²) in [6.45, 7) is 9.04. The zero-order valence-corrected chi connectivity index (χ0v) is 14.9. The van der Waals surface area contributed by atoms with Crippen LogP contribution in [0.25, 0.3) is 0 Å². The van der Waals surface area contributed by atoms with E-state index in [1.54, 1.807) is 0 Å². The molecule has 0 radical (unpaired) electrons. The number of nitrogens with zero attached hydrogens (tertiary/aromatic N) is 1. The molecule has 2 rings (SSSR count). The second kappa shape index (κ2) is 8.73. The fourth-order valence-electron chi connectivity index (χ4n) is 3.12. The van der Waals surface area contributed by atoms with Gasteiger partial charge < -0.3 is 0 Å². The number of carbonyl (C=O) groups is 1. The average Bonchev–Trinajstić information content (AvgIpc) is 3.05. The summed E-state index contributed by atoms with van der Waals surface area (Å²) in [5.74, 6) is 1.49. The van der Waals surface area contributed by atoms with E-state index < -0.39 is 0 Å². The lowest BCUT2D eigenvalue weighted by Crippen LogP contribution is -2.32. The lowest BCUT2D eigenvalue weighted by Gasteiger charge is -2.24. The minimum Gasteiger partial charge on any atom is -0.300 e. The van der Waals surface area contributed by atoms with Crippen molar-refractivity contribution in [2.75, 3.05) is 18.8 Å². The predicted octanol–water partition coefficient (Wildman–Crippen LogP) is 4.56. The first-order valence-corrected chi connectivity index (χ1v) is 9.52. The Hall–Kier alpha value is -0.800. The molecule has 2 nitrogen and oxygen atoms in total. The minimum absolute atomic E-state index is 0.0389. The van der Waals surface area contributed by atoms with E-state index in [4.69, 9.17) is 0 Å². The Morgan fingerprint density at radius 3 is 2.36 bits per heavy atom. The van der Waals surface area contributed by atoms with Gasteiger partial charge in [0.05, 0.1) is 5.92 Å². The van der Waals surface area contributed by atoms with Crippen molar-refractivity contribution in [1.29, 1.82) is 0 Å². The zero-order chi connectivity index (χ0) is 15.9. The predicted molar refractivity (Wildman–Crippen MR) is 96.4 cm³/mol. The maximum atomic E-state index is 12.7. The molecule has 0 N–H and O–H groups in total. The summed E-state index contributed by atoms with van der Waals surface area (Å²) in [4.78, 5) is 15.3. The summed E-state index contributed by atoms with van der Waals surface area (Å²) in [7, 11) is 0. The average molecular weight is 320 g/mol. The van der Waals surface area contributed by atoms with Crippen molar-refractivity contribution in [3.05, 3.63) is 35.9 Å². The van der Waals surface area contributed by atoms with Crippen LogP contribution in [-0.4, -0.2) is 34.9 Å². The molecule has 1 saturated heterocycles. The Morgan fingerprint density at radius 1 is 1.14 bits per heavy atom. The third kappa shape index (κ3) is 5.13. The van der Waals surface area contributed by atoms with E-state index in [1.807, 2.05) is 18.2 Å². The molecule has 22 heavy (non-hydrogen) atoms. The number of hydrogen-bond donors (Lipinski definition) is 0. The van der Waals surface area contributed by atoms with Crippen molar-refractivity contribution in [1.82, 2.24) is 4.90 Å². The fraction of sp³-hybridized carbons (Fsp3) is 0.632. The molecule has 0 spiro atoms. The summed E-state index contributed by atoms with van der Waals surface area (Å²) in [6.07, 6.45) is 3.56. The van der Waals surface area contributed by atoms with E-state index in [2.05, 4.69) is 37.8 Å². The van der Waals surface area contributed by atoms with E-state index in [9.17, 15) is 4.79 Å². The van der Waals surface area contributed by atoms with Crippen LogP contribution in [0.1, 0.15) is 51.5 Å². The number of likely N-dealkylation sites (tertiary alicyclic amines) is 1. The maximum absolute atomic E-state index is 12.7. The highest BCUT2D eigenvalue weighted by Gasteiger charge is 2.24. The molecule has 1 aromatic rings. The van der Waals surface area contributed by atoms with Crippen LogP contribution in [0.15, 0.2) is 30.3 Å². The lowest BCUT2D eigenvalue weighted by atomic mass is 9.91. The van der Waals surface area contributed by atoms with Crippen LogP contribution in [-0.2, 0) is 4.79 Å². The number of thioether (sulfide) groups is 1. The van der Waals surface area contributed by atoms with E-state index in [0.29, 0.717) is 17.1 Å². The van der Waals surface area contributed by atoms with Crippen LogP contribution < -0.4 is 0 Å². The summed E-state index contributed by atoms with van der Waals surface area (Å²) in [5, 5.41) is 0.339. The number of benzene rings is 1. The first-order chi connectivity index (χ1) is 10.6. The second-order valence-corrected chi connectivity index (χ2v) is 7.84. The fourth-order valence-corrected chi connectivity index (χ4v) is 4.17. The van der Waals surface area contributed by atoms with Gasteiger partial charge >= 0.3 is 0 Å². The Bertz CT molecular complexity index is 454. The molecule has 3 heteroatoms. The van der Waals surface area contributed by atoms with Gasteiger partial charge in [-0.3, -0.25) is 9.69 Å². The van der Waals surface area contributed by atoms with Crippen molar-refractivity contribution in [2.24, 2.45) is 5.92 Å². The molecule has 1 aliphatic heterocycles. The van der Waals surface area contributed by atoms with Crippen LogP contribution in [0.4, 0.5) is 0 Å². The highest BCUT2D eigenvalue weighted by Crippen LogP contribution is 2.30. The zero-order valence-electron chi connectivity index (χ0n) is 14.1. The molecule has 0 amide bonds. The highest BCUT2D eigenvalue weighted by molar-refractivity contribution is 8.13. The molecule has 0 unspecified atom stereocenters. The molecule has 1 fully saturated rings. The second-order valence-electron chi connectivity index (χ2n) is 6.81. The normalized spacial score (nSPS) is 18.5. The lowest BCUT2D eigenvalue weighted by molar-refractivity contribution is -0.112. The van der Waals surface area contributed by atoms with E-state index in [-0.39, 0.29) is 5.92 Å². The summed E-state index contributed by atoms with van der Waals surface area (Å²) in [5.41, 5.74) is 1.17. The topological polar surface area (TPSA) is 20.3 Å². The van der Waals surface area contributed by atoms with Gasteiger partial charge in [-0.2, -0.15) is 0 Å². The van der Waals surface area contributed by atoms with Crippen LogP contribution >= 0.6 is 11.8 Å². The monoisotopic (exact) mass is 319 g/mol. The number of rotatable bonds is 7. The Labute approximate surface area is 139 Å². The molecular formula is C19H29NOS. The molecule has 0 aliphatic carbocycles. The van der Waals surface area contributed by atoms with Crippen molar-refractivity contribution in [3.8, 4) is 0 Å². The number of hydrogen-bond acceptors (Lipinski definition) is 3. The molecule has 1 aliphatic rings. The van der Waals surface area contributed by atoms with Gasteiger partial charge in [-0.1, -0.05) is 55.9 Å². The van der Waals surface area contributed by atoms with Crippen LogP contribution in [0, 0.1) is 5.92 Å². The number of carbonyl (C=O) groups excluding carboxylic acids is 1. The van der Waals surface area contributed by atoms with Gasteiger partial charge in [0, 0.05) is 11.8 Å². The van der Waals surface area contributed by atoms with Crippen molar-refractivity contribution < 1.29 is 4.79 Å². The highest BCUT2D eigenvalue weighted by atomic mass is 32.2. The van der Waals surface area contributed by atoms with Gasteiger partial charge in [0.15, 0.2) is 5.12 Å². The van der Waals surface area contributed by atoms with Gasteiger partial charge in [-0.15, -0.1) is 0 Å². The van der Waals surface area contributed by atoms with E-state index in [1.165, 1.54) is 43.3 Å². The Balaban J connectivity index is 1.93. The first kappa shape index (κ1) is 17.6. The van der Waals surface area contributed by atoms with Crippen LogP contribution in [0.2, 0.25) is 0 Å². The third-order valence-corrected chi connectivity index (χ3v) is 5.64. The molecule has 1 aromatic carbocycles. The van der Waals surface area contributed by atoms with Crippen LogP contribution in [0.5, 0.6) is 0 Å². The molecular weight excluding hydrogens is 290 g/mol. The van der Waals surface area contributed by atoms with Crippen molar-refractivity contribution in [2.45, 2.75) is 52.0 Å². The smallest absolute Gasteiger partial charge is 0.196 e. The van der Waals surface area contributed by atoms with E-state index in [0.717, 1.165) is 12.2 Å². The summed E-state index contributed by atoms with van der Waals surface area (Å²) in [6, 6.07) is 10.8. The third-order valence-electron chi connectivity index (χ3n) is 4.42. The first-order valence-electron chi connectivity index (χ1n) is 8.53. The largest absolute Gasteiger partial charge is 0.300 e. The molecule has 2 atom stereocenters. The van der Waals surface area contributed by atoms with Crippen molar-refractivity contribution >= 4 is 16.9 Å². The van der Waals surface area contributed by atoms with Gasteiger partial charge in [-0.05, 0) is 50.8 Å². The van der Waals surface area contributed by atoms with Crippen molar-refractivity contribution in [3.63, 3.8) is 0 Å². The molecule has 122 valence electrons. The summed E-state index contributed by atoms with van der Waals surface area (Å²) >= 11 is 1.54. The SMILES string of the molecule is CC(C)C[C@H](C(=O)SC[C@H](C)N1CCCC1)c1ccccc1. The minimum atomic E-state index is 0.0389. The van der Waals surface area contributed by atoms with Crippen LogP contribution in [0.3, 0.4) is 0 Å². The van der Waals surface area contributed by atoms with Gasteiger partial charge in [-0.25, -0.2) is 0 Å². The molecule has 0 saturated carbocycles. The molecule has 0 aromatic heterocycles.